The smallest absolute Gasteiger partial charge is 0.406 e. The van der Waals surface area contributed by atoms with Gasteiger partial charge in [0.1, 0.15) is 6.54 Å². The summed E-state index contributed by atoms with van der Waals surface area (Å²) in [6.07, 6.45) is -4.58. The van der Waals surface area contributed by atoms with Crippen LogP contribution >= 0.6 is 0 Å². The minimum Gasteiger partial charge on any atom is -0.481 e. The Morgan fingerprint density at radius 1 is 1.25 bits per heavy atom. The third-order valence-electron chi connectivity index (χ3n) is 2.58. The average molecular weight is 300 g/mol. The van der Waals surface area contributed by atoms with Gasteiger partial charge in [-0.15, -0.1) is 0 Å². The maximum Gasteiger partial charge on any atom is 0.406 e. The molecule has 0 saturated heterocycles. The standard InChI is InChI=1S/C11H19F3N2O4/c1-3-15(6-8(2)9(18)19)10(20)16(4-5-17)7-11(12,13)14/h8,17H,3-7H2,1-2H3,(H,18,19). The number of rotatable bonds is 7. The van der Waals surface area contributed by atoms with Crippen LogP contribution in [0.5, 0.6) is 0 Å². The van der Waals surface area contributed by atoms with E-state index in [2.05, 4.69) is 0 Å². The fourth-order valence-corrected chi connectivity index (χ4v) is 1.53. The number of halogens is 3. The molecule has 0 bridgehead atoms. The van der Waals surface area contributed by atoms with E-state index in [1.54, 1.807) is 0 Å². The predicted molar refractivity (Wildman–Crippen MR) is 64.2 cm³/mol. The molecule has 9 heteroatoms. The lowest BCUT2D eigenvalue weighted by Gasteiger charge is -2.31. The maximum atomic E-state index is 12.4. The van der Waals surface area contributed by atoms with Crippen molar-refractivity contribution in [2.75, 3.05) is 32.8 Å². The van der Waals surface area contributed by atoms with E-state index in [1.807, 2.05) is 0 Å². The van der Waals surface area contributed by atoms with Crippen molar-refractivity contribution in [1.29, 1.82) is 0 Å². The first-order chi connectivity index (χ1) is 9.12. The highest BCUT2D eigenvalue weighted by Crippen LogP contribution is 2.17. The van der Waals surface area contributed by atoms with E-state index in [4.69, 9.17) is 10.2 Å². The number of hydrogen-bond donors (Lipinski definition) is 2. The van der Waals surface area contributed by atoms with E-state index in [0.717, 1.165) is 4.90 Å². The fraction of sp³-hybridized carbons (Fsp3) is 0.818. The fourth-order valence-electron chi connectivity index (χ4n) is 1.53. The minimum absolute atomic E-state index is 0.0796. The summed E-state index contributed by atoms with van der Waals surface area (Å²) in [5, 5.41) is 17.5. The summed E-state index contributed by atoms with van der Waals surface area (Å²) in [6.45, 7) is 0.241. The number of alkyl halides is 3. The molecule has 1 unspecified atom stereocenters. The summed E-state index contributed by atoms with van der Waals surface area (Å²) in [4.78, 5) is 24.1. The van der Waals surface area contributed by atoms with E-state index in [1.165, 1.54) is 13.8 Å². The second kappa shape index (κ2) is 7.93. The number of nitrogens with zero attached hydrogens (tertiary/aromatic N) is 2. The van der Waals surface area contributed by atoms with Crippen molar-refractivity contribution in [3.05, 3.63) is 0 Å². The zero-order valence-electron chi connectivity index (χ0n) is 11.4. The predicted octanol–water partition coefficient (Wildman–Crippen LogP) is 1.01. The molecule has 0 aromatic rings. The van der Waals surface area contributed by atoms with E-state index in [0.29, 0.717) is 4.90 Å². The number of carboxylic acids is 1. The van der Waals surface area contributed by atoms with Crippen LogP contribution in [0.2, 0.25) is 0 Å². The monoisotopic (exact) mass is 300 g/mol. The number of carboxylic acid groups (broad SMARTS) is 1. The van der Waals surface area contributed by atoms with Crippen molar-refractivity contribution < 1.29 is 33.0 Å². The van der Waals surface area contributed by atoms with Gasteiger partial charge in [-0.05, 0) is 6.92 Å². The molecule has 0 aliphatic rings. The average Bonchev–Trinajstić information content (AvgIpc) is 2.32. The molecule has 0 aliphatic heterocycles. The lowest BCUT2D eigenvalue weighted by atomic mass is 10.2. The van der Waals surface area contributed by atoms with Crippen molar-refractivity contribution in [3.8, 4) is 0 Å². The Kier molecular flexibility index (Phi) is 7.33. The van der Waals surface area contributed by atoms with Gasteiger partial charge in [0, 0.05) is 19.6 Å². The molecule has 0 saturated carbocycles. The zero-order valence-corrected chi connectivity index (χ0v) is 11.4. The van der Waals surface area contributed by atoms with Gasteiger partial charge in [-0.3, -0.25) is 4.79 Å². The van der Waals surface area contributed by atoms with Crippen LogP contribution < -0.4 is 0 Å². The number of aliphatic hydroxyl groups is 1. The summed E-state index contributed by atoms with van der Waals surface area (Å²) < 4.78 is 37.1. The minimum atomic E-state index is -4.58. The second-order valence-electron chi connectivity index (χ2n) is 4.32. The van der Waals surface area contributed by atoms with Crippen molar-refractivity contribution in [1.82, 2.24) is 9.80 Å². The van der Waals surface area contributed by atoms with Gasteiger partial charge >= 0.3 is 18.2 Å². The highest BCUT2D eigenvalue weighted by Gasteiger charge is 2.34. The van der Waals surface area contributed by atoms with Crippen LogP contribution in [0.25, 0.3) is 0 Å². The van der Waals surface area contributed by atoms with Crippen LogP contribution in [0.1, 0.15) is 13.8 Å². The van der Waals surface area contributed by atoms with Gasteiger partial charge in [-0.1, -0.05) is 6.92 Å². The lowest BCUT2D eigenvalue weighted by molar-refractivity contribution is -0.144. The topological polar surface area (TPSA) is 81.1 Å². The first-order valence-electron chi connectivity index (χ1n) is 6.06. The molecule has 0 spiro atoms. The molecule has 0 aromatic carbocycles. The molecule has 0 aromatic heterocycles. The van der Waals surface area contributed by atoms with Crippen molar-refractivity contribution in [3.63, 3.8) is 0 Å². The molecule has 6 nitrogen and oxygen atoms in total. The largest absolute Gasteiger partial charge is 0.481 e. The van der Waals surface area contributed by atoms with E-state index in [9.17, 15) is 22.8 Å². The Bertz CT molecular complexity index is 336. The number of carbonyl (C=O) groups is 2. The molecular weight excluding hydrogens is 281 g/mol. The van der Waals surface area contributed by atoms with E-state index < -0.39 is 43.8 Å². The van der Waals surface area contributed by atoms with Crippen LogP contribution in [-0.4, -0.2) is 71.0 Å². The van der Waals surface area contributed by atoms with E-state index >= 15 is 0 Å². The third-order valence-corrected chi connectivity index (χ3v) is 2.58. The summed E-state index contributed by atoms with van der Waals surface area (Å²) >= 11 is 0. The molecule has 20 heavy (non-hydrogen) atoms. The third kappa shape index (κ3) is 6.60. The number of amides is 2. The highest BCUT2D eigenvalue weighted by atomic mass is 19.4. The number of carbonyl (C=O) groups excluding carboxylic acids is 1. The Morgan fingerprint density at radius 2 is 1.80 bits per heavy atom. The summed E-state index contributed by atoms with van der Waals surface area (Å²) in [5.74, 6) is -2.03. The lowest BCUT2D eigenvalue weighted by Crippen LogP contribution is -2.49. The van der Waals surface area contributed by atoms with Crippen molar-refractivity contribution in [2.45, 2.75) is 20.0 Å². The number of hydrogen-bond acceptors (Lipinski definition) is 3. The molecule has 0 rings (SSSR count). The highest BCUT2D eigenvalue weighted by molar-refractivity contribution is 5.76. The van der Waals surface area contributed by atoms with Gasteiger partial charge in [-0.2, -0.15) is 13.2 Å². The van der Waals surface area contributed by atoms with Crippen LogP contribution in [0.3, 0.4) is 0 Å². The second-order valence-corrected chi connectivity index (χ2v) is 4.32. The first-order valence-corrected chi connectivity index (χ1v) is 6.06. The van der Waals surface area contributed by atoms with Crippen LogP contribution in [0.15, 0.2) is 0 Å². The Balaban J connectivity index is 4.86. The number of urea groups is 1. The normalized spacial score (nSPS) is 12.9. The molecule has 2 N–H and O–H groups in total. The van der Waals surface area contributed by atoms with Gasteiger partial charge in [0.15, 0.2) is 0 Å². The zero-order chi connectivity index (χ0) is 15.9. The summed E-state index contributed by atoms with van der Waals surface area (Å²) in [6, 6.07) is -0.938. The summed E-state index contributed by atoms with van der Waals surface area (Å²) in [7, 11) is 0. The SMILES string of the molecule is CCN(CC(C)C(=O)O)C(=O)N(CCO)CC(F)(F)F. The quantitative estimate of drug-likeness (QED) is 0.735. The first kappa shape index (κ1) is 18.5. The van der Waals surface area contributed by atoms with Gasteiger partial charge in [0.25, 0.3) is 0 Å². The van der Waals surface area contributed by atoms with Crippen LogP contribution in [-0.2, 0) is 4.79 Å². The van der Waals surface area contributed by atoms with Gasteiger partial charge in [0.2, 0.25) is 0 Å². The van der Waals surface area contributed by atoms with Gasteiger partial charge < -0.3 is 20.0 Å². The molecule has 0 fully saturated rings. The molecule has 1 atom stereocenters. The van der Waals surface area contributed by atoms with Gasteiger partial charge in [0.05, 0.1) is 12.5 Å². The molecule has 0 radical (unpaired) electrons. The summed E-state index contributed by atoms with van der Waals surface area (Å²) in [5.41, 5.74) is 0. The Labute approximate surface area is 114 Å². The van der Waals surface area contributed by atoms with Crippen molar-refractivity contribution >= 4 is 12.0 Å². The van der Waals surface area contributed by atoms with Crippen LogP contribution in [0.4, 0.5) is 18.0 Å². The van der Waals surface area contributed by atoms with Crippen molar-refractivity contribution in [2.24, 2.45) is 5.92 Å². The molecule has 0 heterocycles. The molecule has 118 valence electrons. The number of aliphatic hydroxyl groups excluding tert-OH is 1. The molecule has 0 aliphatic carbocycles. The Hall–Kier alpha value is -1.51. The van der Waals surface area contributed by atoms with Crippen LogP contribution in [0, 0.1) is 5.92 Å². The molecule has 2 amide bonds. The number of aliphatic carboxylic acids is 1. The maximum absolute atomic E-state index is 12.4. The van der Waals surface area contributed by atoms with Gasteiger partial charge in [-0.25, -0.2) is 4.79 Å². The van der Waals surface area contributed by atoms with E-state index in [-0.39, 0.29) is 13.1 Å². The Morgan fingerprint density at radius 3 is 2.15 bits per heavy atom. The molecular formula is C11H19F3N2O4.